The van der Waals surface area contributed by atoms with Gasteiger partial charge in [0.05, 0.1) is 11.7 Å². The SMILES string of the molecule is CCn1ccc(C(C)NC(=O)COc2ccc(Cl)cc2)n1. The van der Waals surface area contributed by atoms with Crippen LogP contribution in [0.15, 0.2) is 36.5 Å². The number of carbonyl (C=O) groups excluding carboxylic acids is 1. The number of halogens is 1. The number of benzene rings is 1. The van der Waals surface area contributed by atoms with E-state index in [-0.39, 0.29) is 18.6 Å². The molecule has 5 nitrogen and oxygen atoms in total. The van der Waals surface area contributed by atoms with Gasteiger partial charge in [-0.15, -0.1) is 0 Å². The summed E-state index contributed by atoms with van der Waals surface area (Å²) in [4.78, 5) is 11.8. The number of nitrogens with zero attached hydrogens (tertiary/aromatic N) is 2. The molecule has 0 saturated carbocycles. The summed E-state index contributed by atoms with van der Waals surface area (Å²) >= 11 is 5.78. The molecule has 6 heteroatoms. The predicted molar refractivity (Wildman–Crippen MR) is 81.4 cm³/mol. The molecule has 21 heavy (non-hydrogen) atoms. The summed E-state index contributed by atoms with van der Waals surface area (Å²) in [6.07, 6.45) is 1.89. The van der Waals surface area contributed by atoms with Crippen LogP contribution in [-0.4, -0.2) is 22.3 Å². The highest BCUT2D eigenvalue weighted by Crippen LogP contribution is 2.15. The molecule has 1 aromatic heterocycles. The van der Waals surface area contributed by atoms with Crippen molar-refractivity contribution in [1.82, 2.24) is 15.1 Å². The maximum Gasteiger partial charge on any atom is 0.258 e. The normalized spacial score (nSPS) is 12.0. The van der Waals surface area contributed by atoms with Gasteiger partial charge in [0.15, 0.2) is 6.61 Å². The lowest BCUT2D eigenvalue weighted by atomic mass is 10.2. The summed E-state index contributed by atoms with van der Waals surface area (Å²) in [7, 11) is 0. The first kappa shape index (κ1) is 15.4. The van der Waals surface area contributed by atoms with Crippen molar-refractivity contribution in [2.24, 2.45) is 0 Å². The van der Waals surface area contributed by atoms with Crippen molar-refractivity contribution in [3.63, 3.8) is 0 Å². The molecular formula is C15H18ClN3O2. The molecule has 1 unspecified atom stereocenters. The molecule has 0 spiro atoms. The lowest BCUT2D eigenvalue weighted by Gasteiger charge is -2.12. The van der Waals surface area contributed by atoms with Crippen LogP contribution in [0.25, 0.3) is 0 Å². The average molecular weight is 308 g/mol. The molecule has 0 aliphatic heterocycles. The third-order valence-corrected chi connectivity index (χ3v) is 3.24. The van der Waals surface area contributed by atoms with Crippen molar-refractivity contribution in [2.45, 2.75) is 26.4 Å². The smallest absolute Gasteiger partial charge is 0.258 e. The van der Waals surface area contributed by atoms with Crippen LogP contribution in [0.1, 0.15) is 25.6 Å². The molecule has 1 amide bonds. The molecule has 2 aromatic rings. The largest absolute Gasteiger partial charge is 0.484 e. The zero-order chi connectivity index (χ0) is 15.2. The molecule has 1 N–H and O–H groups in total. The van der Waals surface area contributed by atoms with Crippen molar-refractivity contribution in [1.29, 1.82) is 0 Å². The van der Waals surface area contributed by atoms with Crippen LogP contribution < -0.4 is 10.1 Å². The van der Waals surface area contributed by atoms with Gasteiger partial charge in [-0.25, -0.2) is 0 Å². The number of aryl methyl sites for hydroxylation is 1. The Balaban J connectivity index is 1.82. The summed E-state index contributed by atoms with van der Waals surface area (Å²) in [5, 5.41) is 7.84. The van der Waals surface area contributed by atoms with Crippen LogP contribution in [0.4, 0.5) is 0 Å². The third-order valence-electron chi connectivity index (χ3n) is 2.99. The number of rotatable bonds is 6. The molecule has 0 saturated heterocycles. The lowest BCUT2D eigenvalue weighted by Crippen LogP contribution is -2.31. The van der Waals surface area contributed by atoms with Gasteiger partial charge in [-0.3, -0.25) is 9.48 Å². The third kappa shape index (κ3) is 4.49. The van der Waals surface area contributed by atoms with Crippen LogP contribution >= 0.6 is 11.6 Å². The summed E-state index contributed by atoms with van der Waals surface area (Å²) in [6, 6.07) is 8.63. The molecule has 2 rings (SSSR count). The number of hydrogen-bond donors (Lipinski definition) is 1. The molecule has 0 fully saturated rings. The highest BCUT2D eigenvalue weighted by Gasteiger charge is 2.12. The van der Waals surface area contributed by atoms with Crippen LogP contribution in [0.3, 0.4) is 0 Å². The molecule has 0 aliphatic rings. The molecule has 0 aliphatic carbocycles. The Hall–Kier alpha value is -2.01. The van der Waals surface area contributed by atoms with E-state index in [4.69, 9.17) is 16.3 Å². The van der Waals surface area contributed by atoms with E-state index < -0.39 is 0 Å². The molecule has 0 bridgehead atoms. The van der Waals surface area contributed by atoms with Gasteiger partial charge in [0, 0.05) is 17.8 Å². The van der Waals surface area contributed by atoms with Crippen molar-refractivity contribution >= 4 is 17.5 Å². The number of hydrogen-bond acceptors (Lipinski definition) is 3. The fourth-order valence-corrected chi connectivity index (χ4v) is 1.95. The first-order valence-electron chi connectivity index (χ1n) is 6.79. The Morgan fingerprint density at radius 2 is 2.10 bits per heavy atom. The summed E-state index contributed by atoms with van der Waals surface area (Å²) in [5.74, 6) is 0.418. The molecular weight excluding hydrogens is 290 g/mol. The summed E-state index contributed by atoms with van der Waals surface area (Å²) in [6.45, 7) is 4.67. The van der Waals surface area contributed by atoms with E-state index in [1.54, 1.807) is 24.3 Å². The van der Waals surface area contributed by atoms with Gasteiger partial charge in [-0.1, -0.05) is 11.6 Å². The van der Waals surface area contributed by atoms with E-state index in [0.717, 1.165) is 12.2 Å². The number of aromatic nitrogens is 2. The number of ether oxygens (including phenoxy) is 1. The van der Waals surface area contributed by atoms with Crippen LogP contribution in [0.2, 0.25) is 5.02 Å². The number of amides is 1. The molecule has 1 heterocycles. The van der Waals surface area contributed by atoms with E-state index in [1.807, 2.05) is 30.8 Å². The van der Waals surface area contributed by atoms with E-state index in [0.29, 0.717) is 10.8 Å². The second kappa shape index (κ2) is 7.13. The Morgan fingerprint density at radius 3 is 2.71 bits per heavy atom. The Labute approximate surface area is 128 Å². The van der Waals surface area contributed by atoms with E-state index in [9.17, 15) is 4.79 Å². The number of carbonyl (C=O) groups is 1. The molecule has 1 aromatic carbocycles. The van der Waals surface area contributed by atoms with Crippen molar-refractivity contribution < 1.29 is 9.53 Å². The summed E-state index contributed by atoms with van der Waals surface area (Å²) < 4.78 is 7.21. The molecule has 112 valence electrons. The highest BCUT2D eigenvalue weighted by atomic mass is 35.5. The highest BCUT2D eigenvalue weighted by molar-refractivity contribution is 6.30. The first-order chi connectivity index (χ1) is 10.1. The van der Waals surface area contributed by atoms with Gasteiger partial charge >= 0.3 is 0 Å². The zero-order valence-corrected chi connectivity index (χ0v) is 12.8. The van der Waals surface area contributed by atoms with Gasteiger partial charge in [0.2, 0.25) is 0 Å². The van der Waals surface area contributed by atoms with Gasteiger partial charge in [0.25, 0.3) is 5.91 Å². The van der Waals surface area contributed by atoms with Crippen molar-refractivity contribution in [2.75, 3.05) is 6.61 Å². The van der Waals surface area contributed by atoms with E-state index >= 15 is 0 Å². The minimum atomic E-state index is -0.191. The van der Waals surface area contributed by atoms with Crippen molar-refractivity contribution in [3.8, 4) is 5.75 Å². The Bertz CT molecular complexity index is 595. The predicted octanol–water partition coefficient (Wildman–Crippen LogP) is 2.81. The molecule has 1 atom stereocenters. The minimum absolute atomic E-state index is 0.0412. The topological polar surface area (TPSA) is 56.2 Å². The minimum Gasteiger partial charge on any atom is -0.484 e. The van der Waals surface area contributed by atoms with Gasteiger partial charge < -0.3 is 10.1 Å². The van der Waals surface area contributed by atoms with Crippen LogP contribution in [-0.2, 0) is 11.3 Å². The monoisotopic (exact) mass is 307 g/mol. The van der Waals surface area contributed by atoms with Crippen LogP contribution in [0.5, 0.6) is 5.75 Å². The maximum absolute atomic E-state index is 11.8. The van der Waals surface area contributed by atoms with Gasteiger partial charge in [-0.05, 0) is 44.2 Å². The second-order valence-corrected chi connectivity index (χ2v) is 5.06. The van der Waals surface area contributed by atoms with Gasteiger partial charge in [-0.2, -0.15) is 5.10 Å². The van der Waals surface area contributed by atoms with E-state index in [2.05, 4.69) is 10.4 Å². The standard InChI is InChI=1S/C15H18ClN3O2/c1-3-19-9-8-14(18-19)11(2)17-15(20)10-21-13-6-4-12(16)5-7-13/h4-9,11H,3,10H2,1-2H3,(H,17,20). The Morgan fingerprint density at radius 1 is 1.38 bits per heavy atom. The quantitative estimate of drug-likeness (QED) is 0.893. The van der Waals surface area contributed by atoms with Crippen LogP contribution in [0, 0.1) is 0 Å². The fourth-order valence-electron chi connectivity index (χ4n) is 1.82. The van der Waals surface area contributed by atoms with E-state index in [1.165, 1.54) is 0 Å². The van der Waals surface area contributed by atoms with Gasteiger partial charge in [0.1, 0.15) is 5.75 Å². The average Bonchev–Trinajstić information content (AvgIpc) is 2.96. The van der Waals surface area contributed by atoms with Crippen molar-refractivity contribution in [3.05, 3.63) is 47.2 Å². The number of nitrogens with one attached hydrogen (secondary N) is 1. The second-order valence-electron chi connectivity index (χ2n) is 4.63. The maximum atomic E-state index is 11.8. The summed E-state index contributed by atoms with van der Waals surface area (Å²) in [5.41, 5.74) is 0.830. The lowest BCUT2D eigenvalue weighted by molar-refractivity contribution is -0.123. The molecule has 0 radical (unpaired) electrons. The first-order valence-corrected chi connectivity index (χ1v) is 7.17. The fraction of sp³-hybridized carbons (Fsp3) is 0.333. The Kier molecular flexibility index (Phi) is 5.22. The zero-order valence-electron chi connectivity index (χ0n) is 12.0.